The highest BCUT2D eigenvalue weighted by Crippen LogP contribution is 2.34. The summed E-state index contributed by atoms with van der Waals surface area (Å²) in [6.07, 6.45) is 2.34. The number of nitrogens with zero attached hydrogens (tertiary/aromatic N) is 1. The van der Waals surface area contributed by atoms with E-state index in [2.05, 4.69) is 6.07 Å². The molecule has 0 unspecified atom stereocenters. The van der Waals surface area contributed by atoms with E-state index in [1.54, 1.807) is 13.2 Å². The molecule has 3 heteroatoms. The molecule has 17 heavy (non-hydrogen) atoms. The van der Waals surface area contributed by atoms with Gasteiger partial charge in [-0.05, 0) is 43.0 Å². The zero-order valence-electron chi connectivity index (χ0n) is 10.6. The molecule has 1 aromatic carbocycles. The molecule has 1 rings (SSSR count). The highest BCUT2D eigenvalue weighted by atomic mass is 35.5. The highest BCUT2D eigenvalue weighted by molar-refractivity contribution is 6.30. The molecule has 0 radical (unpaired) electrons. The molecule has 0 aromatic heterocycles. The minimum Gasteiger partial charge on any atom is -0.496 e. The van der Waals surface area contributed by atoms with Gasteiger partial charge in [-0.1, -0.05) is 25.4 Å². The Balaban J connectivity index is 3.09. The second-order valence-electron chi connectivity index (χ2n) is 4.23. The zero-order chi connectivity index (χ0) is 12.9. The normalized spacial score (nSPS) is 11.0. The third-order valence-corrected chi connectivity index (χ3v) is 3.60. The van der Waals surface area contributed by atoms with Crippen LogP contribution in [0, 0.1) is 16.7 Å². The summed E-state index contributed by atoms with van der Waals surface area (Å²) in [6, 6.07) is 7.98. The van der Waals surface area contributed by atoms with Crippen molar-refractivity contribution in [2.24, 2.45) is 5.41 Å². The first-order valence-corrected chi connectivity index (χ1v) is 6.22. The Labute approximate surface area is 108 Å². The largest absolute Gasteiger partial charge is 0.496 e. The first-order valence-electron chi connectivity index (χ1n) is 5.84. The van der Waals surface area contributed by atoms with Gasteiger partial charge in [-0.3, -0.25) is 0 Å². The summed E-state index contributed by atoms with van der Waals surface area (Å²) in [6.45, 7) is 4.09. The molecule has 0 saturated carbocycles. The molecule has 92 valence electrons. The molecule has 0 aliphatic rings. The number of nitriles is 1. The first-order chi connectivity index (χ1) is 8.10. The third kappa shape index (κ3) is 3.14. The maximum absolute atomic E-state index is 9.35. The van der Waals surface area contributed by atoms with E-state index in [0.29, 0.717) is 11.4 Å². The molecule has 0 aliphatic carbocycles. The van der Waals surface area contributed by atoms with Crippen LogP contribution in [-0.2, 0) is 6.42 Å². The number of ether oxygens (including phenoxy) is 1. The monoisotopic (exact) mass is 251 g/mol. The van der Waals surface area contributed by atoms with Crippen molar-refractivity contribution < 1.29 is 4.74 Å². The van der Waals surface area contributed by atoms with Crippen LogP contribution in [0.5, 0.6) is 5.75 Å². The lowest BCUT2D eigenvalue weighted by Gasteiger charge is -2.24. The Kier molecular flexibility index (Phi) is 4.84. The average Bonchev–Trinajstić information content (AvgIpc) is 2.36. The fourth-order valence-corrected chi connectivity index (χ4v) is 2.14. The standard InChI is InChI=1S/C14H18ClNO/c1-4-14(5-2,10-16)9-11-8-12(15)6-7-13(11)17-3/h6-8H,4-5,9H2,1-3H3. The summed E-state index contributed by atoms with van der Waals surface area (Å²) >= 11 is 5.99. The van der Waals surface area contributed by atoms with Crippen molar-refractivity contribution >= 4 is 11.6 Å². The van der Waals surface area contributed by atoms with Crippen LogP contribution in [0.4, 0.5) is 0 Å². The maximum atomic E-state index is 9.35. The lowest BCUT2D eigenvalue weighted by atomic mass is 9.78. The number of benzene rings is 1. The van der Waals surface area contributed by atoms with E-state index in [4.69, 9.17) is 16.3 Å². The summed E-state index contributed by atoms with van der Waals surface area (Å²) in [7, 11) is 1.64. The number of methoxy groups -OCH3 is 1. The Bertz CT molecular complexity index is 419. The van der Waals surface area contributed by atoms with Crippen LogP contribution >= 0.6 is 11.6 Å². The fraction of sp³-hybridized carbons (Fsp3) is 0.500. The lowest BCUT2D eigenvalue weighted by molar-refractivity contribution is 0.350. The lowest BCUT2D eigenvalue weighted by Crippen LogP contribution is -2.20. The molecule has 1 aromatic rings. The van der Waals surface area contributed by atoms with Crippen LogP contribution in [0.15, 0.2) is 18.2 Å². The van der Waals surface area contributed by atoms with Crippen LogP contribution in [0.2, 0.25) is 5.02 Å². The fourth-order valence-electron chi connectivity index (χ4n) is 1.95. The summed E-state index contributed by atoms with van der Waals surface area (Å²) in [5.41, 5.74) is 0.683. The van der Waals surface area contributed by atoms with Gasteiger partial charge >= 0.3 is 0 Å². The molecule has 0 spiro atoms. The van der Waals surface area contributed by atoms with Crippen LogP contribution in [0.25, 0.3) is 0 Å². The van der Waals surface area contributed by atoms with Gasteiger partial charge in [0.15, 0.2) is 0 Å². The molecule has 0 fully saturated rings. The molecule has 0 heterocycles. The van der Waals surface area contributed by atoms with Crippen molar-refractivity contribution in [2.45, 2.75) is 33.1 Å². The number of hydrogen-bond donors (Lipinski definition) is 0. The first kappa shape index (κ1) is 13.9. The van der Waals surface area contributed by atoms with E-state index in [1.165, 1.54) is 0 Å². The Morgan fingerprint density at radius 2 is 2.00 bits per heavy atom. The average molecular weight is 252 g/mol. The second-order valence-corrected chi connectivity index (χ2v) is 4.67. The van der Waals surface area contributed by atoms with Gasteiger partial charge in [0.25, 0.3) is 0 Å². The Morgan fingerprint density at radius 1 is 1.35 bits per heavy atom. The van der Waals surface area contributed by atoms with E-state index >= 15 is 0 Å². The third-order valence-electron chi connectivity index (χ3n) is 3.36. The van der Waals surface area contributed by atoms with Gasteiger partial charge in [0, 0.05) is 5.02 Å². The van der Waals surface area contributed by atoms with Crippen LogP contribution in [-0.4, -0.2) is 7.11 Å². The highest BCUT2D eigenvalue weighted by Gasteiger charge is 2.27. The molecule has 0 aliphatic heterocycles. The van der Waals surface area contributed by atoms with Gasteiger partial charge in [0.05, 0.1) is 18.6 Å². The molecule has 2 nitrogen and oxygen atoms in total. The quantitative estimate of drug-likeness (QED) is 0.785. The zero-order valence-corrected chi connectivity index (χ0v) is 11.3. The van der Waals surface area contributed by atoms with E-state index < -0.39 is 0 Å². The van der Waals surface area contributed by atoms with Crippen LogP contribution in [0.1, 0.15) is 32.3 Å². The van der Waals surface area contributed by atoms with Crippen LogP contribution in [0.3, 0.4) is 0 Å². The van der Waals surface area contributed by atoms with Crippen molar-refractivity contribution in [1.82, 2.24) is 0 Å². The van der Waals surface area contributed by atoms with Crippen molar-refractivity contribution in [2.75, 3.05) is 7.11 Å². The van der Waals surface area contributed by atoms with Crippen molar-refractivity contribution in [3.05, 3.63) is 28.8 Å². The number of hydrogen-bond acceptors (Lipinski definition) is 2. The Morgan fingerprint density at radius 3 is 2.47 bits per heavy atom. The van der Waals surface area contributed by atoms with E-state index in [1.807, 2.05) is 26.0 Å². The van der Waals surface area contributed by atoms with Gasteiger partial charge in [-0.15, -0.1) is 0 Å². The second kappa shape index (κ2) is 5.93. The smallest absolute Gasteiger partial charge is 0.122 e. The molecule has 0 atom stereocenters. The summed E-state index contributed by atoms with van der Waals surface area (Å²) in [5.74, 6) is 0.802. The van der Waals surface area contributed by atoms with Gasteiger partial charge in [-0.25, -0.2) is 0 Å². The van der Waals surface area contributed by atoms with Gasteiger partial charge in [0.1, 0.15) is 5.75 Å². The Hall–Kier alpha value is -1.20. The SMILES string of the molecule is CCC(C#N)(CC)Cc1cc(Cl)ccc1OC. The molecule has 0 amide bonds. The molecule has 0 N–H and O–H groups in total. The van der Waals surface area contributed by atoms with Gasteiger partial charge in [-0.2, -0.15) is 5.26 Å². The summed E-state index contributed by atoms with van der Waals surface area (Å²) < 4.78 is 5.31. The summed E-state index contributed by atoms with van der Waals surface area (Å²) in [5, 5.41) is 10.0. The van der Waals surface area contributed by atoms with E-state index in [0.717, 1.165) is 24.2 Å². The number of rotatable bonds is 5. The van der Waals surface area contributed by atoms with E-state index in [-0.39, 0.29) is 5.41 Å². The molecule has 0 saturated heterocycles. The van der Waals surface area contributed by atoms with Crippen molar-refractivity contribution in [1.29, 1.82) is 5.26 Å². The van der Waals surface area contributed by atoms with Gasteiger partial charge in [0.2, 0.25) is 0 Å². The summed E-state index contributed by atoms with van der Waals surface area (Å²) in [4.78, 5) is 0. The minimum atomic E-state index is -0.321. The molecular formula is C14H18ClNO. The van der Waals surface area contributed by atoms with Crippen LogP contribution < -0.4 is 4.74 Å². The molecule has 0 bridgehead atoms. The van der Waals surface area contributed by atoms with Crippen molar-refractivity contribution in [3.8, 4) is 11.8 Å². The predicted molar refractivity (Wildman–Crippen MR) is 70.3 cm³/mol. The number of halogens is 1. The maximum Gasteiger partial charge on any atom is 0.122 e. The van der Waals surface area contributed by atoms with Crippen molar-refractivity contribution in [3.63, 3.8) is 0 Å². The topological polar surface area (TPSA) is 33.0 Å². The van der Waals surface area contributed by atoms with E-state index in [9.17, 15) is 5.26 Å². The minimum absolute atomic E-state index is 0.321. The van der Waals surface area contributed by atoms with Gasteiger partial charge < -0.3 is 4.74 Å². The predicted octanol–water partition coefficient (Wildman–Crippen LogP) is 4.22. The molecular weight excluding hydrogens is 234 g/mol.